The molecule has 5 nitrogen and oxygen atoms in total. The van der Waals surface area contributed by atoms with Gasteiger partial charge in [-0.2, -0.15) is 0 Å². The number of rotatable bonds is 11. The van der Waals surface area contributed by atoms with Gasteiger partial charge in [0.25, 0.3) is 0 Å². The number of anilines is 1. The van der Waals surface area contributed by atoms with Crippen LogP contribution in [-0.2, 0) is 9.59 Å². The van der Waals surface area contributed by atoms with Gasteiger partial charge in [0.05, 0.1) is 6.61 Å². The van der Waals surface area contributed by atoms with E-state index in [9.17, 15) is 9.59 Å². The van der Waals surface area contributed by atoms with Gasteiger partial charge in [0.1, 0.15) is 5.75 Å². The summed E-state index contributed by atoms with van der Waals surface area (Å²) in [6.07, 6.45) is 7.84. The van der Waals surface area contributed by atoms with Crippen molar-refractivity contribution in [2.75, 3.05) is 18.5 Å². The van der Waals surface area contributed by atoms with E-state index in [4.69, 9.17) is 4.74 Å². The Balaban J connectivity index is 2.22. The van der Waals surface area contributed by atoms with Crippen LogP contribution < -0.4 is 15.4 Å². The van der Waals surface area contributed by atoms with E-state index in [1.807, 2.05) is 6.92 Å². The van der Waals surface area contributed by atoms with Crippen LogP contribution >= 0.6 is 0 Å². The highest BCUT2D eigenvalue weighted by Gasteiger charge is 2.12. The zero-order valence-corrected chi connectivity index (χ0v) is 14.9. The third-order valence-corrected chi connectivity index (χ3v) is 3.61. The molecule has 0 bridgehead atoms. The molecule has 0 radical (unpaired) electrons. The number of carbonyl (C=O) groups is 2. The molecule has 0 aliphatic rings. The fourth-order valence-corrected chi connectivity index (χ4v) is 2.23. The molecule has 0 aliphatic carbocycles. The van der Waals surface area contributed by atoms with Crippen LogP contribution in [0.3, 0.4) is 0 Å². The SMILES string of the molecule is CCCCCCCCNC(=O)C(=O)Nc1ccc(OCCC)cc1. The fourth-order valence-electron chi connectivity index (χ4n) is 2.23. The molecular formula is C19H30N2O3. The van der Waals surface area contributed by atoms with Crippen molar-refractivity contribution < 1.29 is 14.3 Å². The van der Waals surface area contributed by atoms with Crippen LogP contribution in [0, 0.1) is 0 Å². The number of benzene rings is 1. The summed E-state index contributed by atoms with van der Waals surface area (Å²) in [6.45, 7) is 5.43. The molecule has 1 aromatic carbocycles. The van der Waals surface area contributed by atoms with Crippen LogP contribution in [0.5, 0.6) is 5.75 Å². The van der Waals surface area contributed by atoms with Crippen LogP contribution in [0.25, 0.3) is 0 Å². The van der Waals surface area contributed by atoms with Crippen molar-refractivity contribution in [2.24, 2.45) is 0 Å². The molecule has 134 valence electrons. The summed E-state index contributed by atoms with van der Waals surface area (Å²) in [5.41, 5.74) is 0.582. The summed E-state index contributed by atoms with van der Waals surface area (Å²) < 4.78 is 5.47. The normalized spacial score (nSPS) is 10.2. The average molecular weight is 334 g/mol. The second-order valence-corrected chi connectivity index (χ2v) is 5.85. The quantitative estimate of drug-likeness (QED) is 0.476. The highest BCUT2D eigenvalue weighted by molar-refractivity contribution is 6.39. The van der Waals surface area contributed by atoms with E-state index in [0.717, 1.165) is 25.0 Å². The summed E-state index contributed by atoms with van der Waals surface area (Å²) >= 11 is 0. The predicted octanol–water partition coefficient (Wildman–Crippen LogP) is 3.89. The number of hydrogen-bond acceptors (Lipinski definition) is 3. The monoisotopic (exact) mass is 334 g/mol. The van der Waals surface area contributed by atoms with E-state index in [1.165, 1.54) is 25.7 Å². The minimum Gasteiger partial charge on any atom is -0.494 e. The van der Waals surface area contributed by atoms with Gasteiger partial charge in [-0.15, -0.1) is 0 Å². The Hall–Kier alpha value is -2.04. The van der Waals surface area contributed by atoms with Gasteiger partial charge in [0, 0.05) is 12.2 Å². The molecule has 0 spiro atoms. The van der Waals surface area contributed by atoms with E-state index in [-0.39, 0.29) is 0 Å². The van der Waals surface area contributed by atoms with Gasteiger partial charge in [0.15, 0.2) is 0 Å². The maximum absolute atomic E-state index is 11.8. The highest BCUT2D eigenvalue weighted by Crippen LogP contribution is 2.15. The van der Waals surface area contributed by atoms with Crippen LogP contribution in [0.1, 0.15) is 58.8 Å². The first-order valence-corrected chi connectivity index (χ1v) is 8.99. The first-order chi connectivity index (χ1) is 11.7. The van der Waals surface area contributed by atoms with Gasteiger partial charge in [-0.3, -0.25) is 9.59 Å². The van der Waals surface area contributed by atoms with Crippen LogP contribution in [0.15, 0.2) is 24.3 Å². The predicted molar refractivity (Wildman–Crippen MR) is 97.2 cm³/mol. The van der Waals surface area contributed by atoms with Crippen molar-refractivity contribution in [2.45, 2.75) is 58.8 Å². The first-order valence-electron chi connectivity index (χ1n) is 8.99. The third-order valence-electron chi connectivity index (χ3n) is 3.61. The minimum absolute atomic E-state index is 0.544. The van der Waals surface area contributed by atoms with Gasteiger partial charge in [-0.05, 0) is 37.1 Å². The molecule has 0 saturated carbocycles. The van der Waals surface area contributed by atoms with E-state index in [0.29, 0.717) is 18.8 Å². The second kappa shape index (κ2) is 12.4. The van der Waals surface area contributed by atoms with E-state index >= 15 is 0 Å². The highest BCUT2D eigenvalue weighted by atomic mass is 16.5. The number of hydrogen-bond donors (Lipinski definition) is 2. The number of ether oxygens (including phenoxy) is 1. The molecule has 1 aromatic rings. The summed E-state index contributed by atoms with van der Waals surface area (Å²) in [6, 6.07) is 7.01. The topological polar surface area (TPSA) is 67.4 Å². The Labute approximate surface area is 145 Å². The maximum atomic E-state index is 11.8. The summed E-state index contributed by atoms with van der Waals surface area (Å²) in [5.74, 6) is -0.472. The zero-order valence-electron chi connectivity index (χ0n) is 14.9. The van der Waals surface area contributed by atoms with Crippen molar-refractivity contribution in [3.63, 3.8) is 0 Å². The Morgan fingerprint density at radius 2 is 1.54 bits per heavy atom. The molecule has 2 amide bonds. The molecule has 0 aliphatic heterocycles. The van der Waals surface area contributed by atoms with Gasteiger partial charge < -0.3 is 15.4 Å². The lowest BCUT2D eigenvalue weighted by Gasteiger charge is -2.08. The standard InChI is InChI=1S/C19H30N2O3/c1-3-5-6-7-8-9-14-20-18(22)19(23)21-16-10-12-17(13-11-16)24-15-4-2/h10-13H,3-9,14-15H2,1-2H3,(H,20,22)(H,21,23). The van der Waals surface area contributed by atoms with Gasteiger partial charge in [-0.1, -0.05) is 46.0 Å². The van der Waals surface area contributed by atoms with Crippen LogP contribution in [-0.4, -0.2) is 25.0 Å². The minimum atomic E-state index is -0.636. The maximum Gasteiger partial charge on any atom is 0.313 e. The first kappa shape index (κ1) is 20.0. The number of nitrogens with one attached hydrogen (secondary N) is 2. The van der Waals surface area contributed by atoms with Gasteiger partial charge in [0.2, 0.25) is 0 Å². The molecule has 0 aromatic heterocycles. The molecule has 0 unspecified atom stereocenters. The van der Waals surface area contributed by atoms with E-state index in [2.05, 4.69) is 17.6 Å². The zero-order chi connectivity index (χ0) is 17.6. The fraction of sp³-hybridized carbons (Fsp3) is 0.579. The Bertz CT molecular complexity index is 486. The van der Waals surface area contributed by atoms with Gasteiger partial charge in [-0.25, -0.2) is 0 Å². The Morgan fingerprint density at radius 3 is 2.21 bits per heavy atom. The Morgan fingerprint density at radius 1 is 0.875 bits per heavy atom. The summed E-state index contributed by atoms with van der Waals surface area (Å²) in [4.78, 5) is 23.6. The second-order valence-electron chi connectivity index (χ2n) is 5.85. The van der Waals surface area contributed by atoms with Crippen molar-refractivity contribution in [1.82, 2.24) is 5.32 Å². The van der Waals surface area contributed by atoms with Crippen LogP contribution in [0.2, 0.25) is 0 Å². The lowest BCUT2D eigenvalue weighted by Crippen LogP contribution is -2.35. The molecule has 24 heavy (non-hydrogen) atoms. The summed E-state index contributed by atoms with van der Waals surface area (Å²) in [7, 11) is 0. The lowest BCUT2D eigenvalue weighted by molar-refractivity contribution is -0.136. The van der Waals surface area contributed by atoms with Crippen molar-refractivity contribution >= 4 is 17.5 Å². The number of carbonyl (C=O) groups excluding carboxylic acids is 2. The molecule has 0 atom stereocenters. The molecule has 0 saturated heterocycles. The molecule has 0 fully saturated rings. The van der Waals surface area contributed by atoms with Gasteiger partial charge >= 0.3 is 11.8 Å². The van der Waals surface area contributed by atoms with E-state index < -0.39 is 11.8 Å². The lowest BCUT2D eigenvalue weighted by atomic mass is 10.1. The van der Waals surface area contributed by atoms with Crippen molar-refractivity contribution in [3.8, 4) is 5.75 Å². The molecule has 5 heteroatoms. The average Bonchev–Trinajstić information content (AvgIpc) is 2.60. The molecule has 0 heterocycles. The van der Waals surface area contributed by atoms with E-state index in [1.54, 1.807) is 24.3 Å². The largest absolute Gasteiger partial charge is 0.494 e. The van der Waals surface area contributed by atoms with Crippen LogP contribution in [0.4, 0.5) is 5.69 Å². The number of amides is 2. The summed E-state index contributed by atoms with van der Waals surface area (Å²) in [5, 5.41) is 5.24. The smallest absolute Gasteiger partial charge is 0.313 e. The van der Waals surface area contributed by atoms with Crippen molar-refractivity contribution in [1.29, 1.82) is 0 Å². The third kappa shape index (κ3) is 8.56. The number of unbranched alkanes of at least 4 members (excludes halogenated alkanes) is 5. The molecular weight excluding hydrogens is 304 g/mol. The van der Waals surface area contributed by atoms with Crippen molar-refractivity contribution in [3.05, 3.63) is 24.3 Å². The molecule has 1 rings (SSSR count). The molecule has 2 N–H and O–H groups in total. The Kier molecular flexibility index (Phi) is 10.3.